The molecule has 0 atom stereocenters. The fourth-order valence-electron chi connectivity index (χ4n) is 2.48. The molecule has 0 saturated heterocycles. The topological polar surface area (TPSA) is 59.1 Å². The smallest absolute Gasteiger partial charge is 0.229 e. The third-order valence-corrected chi connectivity index (χ3v) is 4.14. The number of benzene rings is 2. The van der Waals surface area contributed by atoms with Crippen LogP contribution in [-0.4, -0.2) is 16.6 Å². The lowest BCUT2D eigenvalue weighted by atomic mass is 10.2. The maximum Gasteiger partial charge on any atom is 0.229 e. The molecule has 2 aromatic carbocycles. The van der Waals surface area contributed by atoms with Crippen molar-refractivity contribution in [2.75, 3.05) is 17.2 Å². The number of hydrogen-bond donors (Lipinski definition) is 2. The van der Waals surface area contributed by atoms with Crippen molar-refractivity contribution in [1.29, 1.82) is 0 Å². The Labute approximate surface area is 158 Å². The second kappa shape index (κ2) is 8.06. The number of para-hydroxylation sites is 2. The van der Waals surface area contributed by atoms with Crippen molar-refractivity contribution in [1.82, 2.24) is 9.97 Å². The van der Waals surface area contributed by atoms with E-state index in [2.05, 4.69) is 20.6 Å². The molecule has 0 aliphatic carbocycles. The maximum absolute atomic E-state index is 6.20. The van der Waals surface area contributed by atoms with Crippen molar-refractivity contribution in [3.05, 3.63) is 64.8 Å². The highest BCUT2D eigenvalue weighted by Crippen LogP contribution is 2.27. The normalized spacial score (nSPS) is 10.5. The van der Waals surface area contributed by atoms with Gasteiger partial charge in [0.15, 0.2) is 0 Å². The summed E-state index contributed by atoms with van der Waals surface area (Å²) in [6.45, 7) is 6.44. The third-order valence-electron chi connectivity index (χ3n) is 3.73. The van der Waals surface area contributed by atoms with Crippen LogP contribution >= 0.6 is 11.6 Å². The Balaban J connectivity index is 1.85. The Hall–Kier alpha value is -2.79. The van der Waals surface area contributed by atoms with Crippen molar-refractivity contribution in [2.24, 2.45) is 0 Å². The predicted molar refractivity (Wildman–Crippen MR) is 107 cm³/mol. The molecule has 0 fully saturated rings. The van der Waals surface area contributed by atoms with E-state index >= 15 is 0 Å². The molecule has 3 rings (SSSR count). The number of nitrogens with one attached hydrogen (secondary N) is 2. The highest BCUT2D eigenvalue weighted by Gasteiger charge is 2.08. The summed E-state index contributed by atoms with van der Waals surface area (Å²) in [5, 5.41) is 7.22. The Morgan fingerprint density at radius 2 is 1.81 bits per heavy atom. The van der Waals surface area contributed by atoms with Crippen molar-refractivity contribution < 1.29 is 4.74 Å². The first kappa shape index (κ1) is 18.0. The highest BCUT2D eigenvalue weighted by atomic mass is 35.5. The molecule has 0 radical (unpaired) electrons. The Morgan fingerprint density at radius 1 is 1.00 bits per heavy atom. The third kappa shape index (κ3) is 4.43. The SMILES string of the molecule is CCOc1ccccc1Nc1nc(C)cc(Nc2ccc(C)c(Cl)c2)n1. The number of anilines is 4. The van der Waals surface area contributed by atoms with Crippen LogP contribution in [0.3, 0.4) is 0 Å². The minimum absolute atomic E-state index is 0.498. The molecule has 1 aromatic heterocycles. The van der Waals surface area contributed by atoms with E-state index in [1.54, 1.807) is 0 Å². The van der Waals surface area contributed by atoms with Gasteiger partial charge in [-0.3, -0.25) is 0 Å². The number of aromatic nitrogens is 2. The van der Waals surface area contributed by atoms with Crippen molar-refractivity contribution >= 4 is 34.7 Å². The summed E-state index contributed by atoms with van der Waals surface area (Å²) in [6, 6.07) is 15.4. The van der Waals surface area contributed by atoms with Crippen LogP contribution in [0.25, 0.3) is 0 Å². The van der Waals surface area contributed by atoms with E-state index in [4.69, 9.17) is 16.3 Å². The van der Waals surface area contributed by atoms with Gasteiger partial charge in [0.05, 0.1) is 12.3 Å². The van der Waals surface area contributed by atoms with Gasteiger partial charge in [0.25, 0.3) is 0 Å². The molecular formula is C20H21ClN4O. The largest absolute Gasteiger partial charge is 0.492 e. The summed E-state index contributed by atoms with van der Waals surface area (Å²) in [7, 11) is 0. The van der Waals surface area contributed by atoms with Gasteiger partial charge in [-0.25, -0.2) is 4.98 Å². The lowest BCUT2D eigenvalue weighted by molar-refractivity contribution is 0.342. The van der Waals surface area contributed by atoms with Gasteiger partial charge in [0, 0.05) is 22.5 Å². The molecule has 0 spiro atoms. The molecule has 0 aliphatic rings. The van der Waals surface area contributed by atoms with Gasteiger partial charge in [-0.1, -0.05) is 29.8 Å². The van der Waals surface area contributed by atoms with Gasteiger partial charge in [0.2, 0.25) is 5.95 Å². The van der Waals surface area contributed by atoms with Crippen molar-refractivity contribution in [3.8, 4) is 5.75 Å². The summed E-state index contributed by atoms with van der Waals surface area (Å²) in [4.78, 5) is 9.01. The number of ether oxygens (including phenoxy) is 1. The van der Waals surface area contributed by atoms with Crippen LogP contribution in [-0.2, 0) is 0 Å². The van der Waals surface area contributed by atoms with E-state index in [1.807, 2.05) is 69.3 Å². The van der Waals surface area contributed by atoms with Gasteiger partial charge in [0.1, 0.15) is 11.6 Å². The van der Waals surface area contributed by atoms with Gasteiger partial charge >= 0.3 is 0 Å². The number of halogens is 1. The second-order valence-electron chi connectivity index (χ2n) is 5.86. The number of rotatable bonds is 6. The lowest BCUT2D eigenvalue weighted by Crippen LogP contribution is -2.04. The molecule has 0 amide bonds. The first-order valence-corrected chi connectivity index (χ1v) is 8.80. The molecule has 0 unspecified atom stereocenters. The molecule has 0 aliphatic heterocycles. The zero-order chi connectivity index (χ0) is 18.5. The zero-order valence-electron chi connectivity index (χ0n) is 15.0. The van der Waals surface area contributed by atoms with E-state index in [0.717, 1.165) is 28.4 Å². The van der Waals surface area contributed by atoms with Crippen LogP contribution in [0.2, 0.25) is 5.02 Å². The van der Waals surface area contributed by atoms with Gasteiger partial charge in [-0.15, -0.1) is 0 Å². The monoisotopic (exact) mass is 368 g/mol. The van der Waals surface area contributed by atoms with E-state index in [0.29, 0.717) is 23.4 Å². The fourth-order valence-corrected chi connectivity index (χ4v) is 2.66. The molecule has 0 saturated carbocycles. The summed E-state index contributed by atoms with van der Waals surface area (Å²) in [5.41, 5.74) is 3.58. The van der Waals surface area contributed by atoms with Crippen molar-refractivity contribution in [2.45, 2.75) is 20.8 Å². The number of hydrogen-bond acceptors (Lipinski definition) is 5. The predicted octanol–water partition coefficient (Wildman–Crippen LogP) is 5.63. The Kier molecular flexibility index (Phi) is 5.58. The van der Waals surface area contributed by atoms with E-state index in [1.165, 1.54) is 0 Å². The first-order chi connectivity index (χ1) is 12.5. The lowest BCUT2D eigenvalue weighted by Gasteiger charge is -2.13. The summed E-state index contributed by atoms with van der Waals surface area (Å²) in [6.07, 6.45) is 0. The maximum atomic E-state index is 6.20. The molecule has 134 valence electrons. The molecular weight excluding hydrogens is 348 g/mol. The summed E-state index contributed by atoms with van der Waals surface area (Å²) >= 11 is 6.20. The van der Waals surface area contributed by atoms with Crippen molar-refractivity contribution in [3.63, 3.8) is 0 Å². The van der Waals surface area contributed by atoms with E-state index in [-0.39, 0.29) is 0 Å². The average Bonchev–Trinajstić information content (AvgIpc) is 2.60. The Bertz CT molecular complexity index is 914. The van der Waals surface area contributed by atoms with Crippen LogP contribution in [0.15, 0.2) is 48.5 Å². The van der Waals surface area contributed by atoms with E-state index in [9.17, 15) is 0 Å². The number of aryl methyl sites for hydroxylation is 2. The van der Waals surface area contributed by atoms with Crippen LogP contribution in [0.1, 0.15) is 18.2 Å². The van der Waals surface area contributed by atoms with Gasteiger partial charge < -0.3 is 15.4 Å². The van der Waals surface area contributed by atoms with Crippen LogP contribution < -0.4 is 15.4 Å². The number of nitrogens with zero attached hydrogens (tertiary/aromatic N) is 2. The molecule has 0 bridgehead atoms. The van der Waals surface area contributed by atoms with Gasteiger partial charge in [-0.05, 0) is 50.6 Å². The molecule has 6 heteroatoms. The summed E-state index contributed by atoms with van der Waals surface area (Å²) in [5.74, 6) is 1.95. The standard InChI is InChI=1S/C20H21ClN4O/c1-4-26-18-8-6-5-7-17(18)24-20-22-14(3)11-19(25-20)23-15-10-9-13(2)16(21)12-15/h5-12H,4H2,1-3H3,(H2,22,23,24,25). The fraction of sp³-hybridized carbons (Fsp3) is 0.200. The van der Waals surface area contributed by atoms with Gasteiger partial charge in [-0.2, -0.15) is 4.98 Å². The van der Waals surface area contributed by atoms with Crippen LogP contribution in [0, 0.1) is 13.8 Å². The minimum atomic E-state index is 0.498. The summed E-state index contributed by atoms with van der Waals surface area (Å²) < 4.78 is 5.64. The highest BCUT2D eigenvalue weighted by molar-refractivity contribution is 6.31. The molecule has 5 nitrogen and oxygen atoms in total. The molecule has 26 heavy (non-hydrogen) atoms. The Morgan fingerprint density at radius 3 is 2.58 bits per heavy atom. The quantitative estimate of drug-likeness (QED) is 0.590. The van der Waals surface area contributed by atoms with Crippen LogP contribution in [0.4, 0.5) is 23.1 Å². The molecule has 1 heterocycles. The minimum Gasteiger partial charge on any atom is -0.492 e. The first-order valence-electron chi connectivity index (χ1n) is 8.43. The molecule has 2 N–H and O–H groups in total. The molecule has 3 aromatic rings. The zero-order valence-corrected chi connectivity index (χ0v) is 15.8. The average molecular weight is 369 g/mol. The van der Waals surface area contributed by atoms with E-state index < -0.39 is 0 Å². The second-order valence-corrected chi connectivity index (χ2v) is 6.27. The van der Waals surface area contributed by atoms with Crippen LogP contribution in [0.5, 0.6) is 5.75 Å².